The van der Waals surface area contributed by atoms with E-state index in [-0.39, 0.29) is 5.91 Å². The number of hydrogen-bond acceptors (Lipinski definition) is 1. The molecule has 0 aliphatic rings. The highest BCUT2D eigenvalue weighted by Gasteiger charge is 2.11. The maximum atomic E-state index is 12.4. The maximum Gasteiger partial charge on any atom is 0.255 e. The molecule has 0 heterocycles. The number of carbonyl (C=O) groups excluding carboxylic acids is 1. The van der Waals surface area contributed by atoms with Crippen molar-refractivity contribution in [3.05, 3.63) is 64.2 Å². The molecule has 19 heavy (non-hydrogen) atoms. The SMILES string of the molecule is Cc1ccc(C)c(C(=O)Nc2c(C)cccc2C)c1. The lowest BCUT2D eigenvalue weighted by molar-refractivity contribution is 0.102. The van der Waals surface area contributed by atoms with E-state index in [1.807, 2.05) is 64.1 Å². The van der Waals surface area contributed by atoms with Crippen LogP contribution in [-0.2, 0) is 0 Å². The molecule has 0 atom stereocenters. The fraction of sp³-hybridized carbons (Fsp3) is 0.235. The Labute approximate surface area is 114 Å². The zero-order valence-corrected chi connectivity index (χ0v) is 11.9. The highest BCUT2D eigenvalue weighted by molar-refractivity contribution is 6.06. The molecule has 0 saturated heterocycles. The lowest BCUT2D eigenvalue weighted by Crippen LogP contribution is -2.15. The number of carbonyl (C=O) groups is 1. The summed E-state index contributed by atoms with van der Waals surface area (Å²) < 4.78 is 0. The number of para-hydroxylation sites is 1. The first-order valence-electron chi connectivity index (χ1n) is 6.44. The van der Waals surface area contributed by atoms with Gasteiger partial charge in [0, 0.05) is 11.3 Å². The van der Waals surface area contributed by atoms with E-state index in [0.29, 0.717) is 0 Å². The highest BCUT2D eigenvalue weighted by Crippen LogP contribution is 2.21. The van der Waals surface area contributed by atoms with E-state index in [1.54, 1.807) is 0 Å². The normalized spacial score (nSPS) is 10.3. The first kappa shape index (κ1) is 13.3. The number of rotatable bonds is 2. The van der Waals surface area contributed by atoms with Crippen LogP contribution in [-0.4, -0.2) is 5.91 Å². The van der Waals surface area contributed by atoms with Crippen LogP contribution in [0.25, 0.3) is 0 Å². The quantitative estimate of drug-likeness (QED) is 0.855. The smallest absolute Gasteiger partial charge is 0.255 e. The van der Waals surface area contributed by atoms with Crippen molar-refractivity contribution in [2.24, 2.45) is 0 Å². The van der Waals surface area contributed by atoms with Crippen LogP contribution < -0.4 is 5.32 Å². The van der Waals surface area contributed by atoms with Gasteiger partial charge in [0.1, 0.15) is 0 Å². The summed E-state index contributed by atoms with van der Waals surface area (Å²) in [7, 11) is 0. The van der Waals surface area contributed by atoms with Gasteiger partial charge in [0.2, 0.25) is 0 Å². The number of benzene rings is 2. The lowest BCUT2D eigenvalue weighted by Gasteiger charge is -2.13. The summed E-state index contributed by atoms with van der Waals surface area (Å²) in [6, 6.07) is 11.9. The Morgan fingerprint density at radius 3 is 2.16 bits per heavy atom. The van der Waals surface area contributed by atoms with Crippen LogP contribution in [0, 0.1) is 27.7 Å². The Kier molecular flexibility index (Phi) is 3.70. The van der Waals surface area contributed by atoms with Gasteiger partial charge in [0.05, 0.1) is 0 Å². The lowest BCUT2D eigenvalue weighted by atomic mass is 10.0. The van der Waals surface area contributed by atoms with Crippen molar-refractivity contribution in [1.82, 2.24) is 0 Å². The summed E-state index contributed by atoms with van der Waals surface area (Å²) in [5.74, 6) is -0.0430. The highest BCUT2D eigenvalue weighted by atomic mass is 16.1. The molecule has 0 radical (unpaired) electrons. The van der Waals surface area contributed by atoms with Gasteiger partial charge in [-0.1, -0.05) is 35.9 Å². The van der Waals surface area contributed by atoms with Crippen LogP contribution in [0.4, 0.5) is 5.69 Å². The Morgan fingerprint density at radius 1 is 0.895 bits per heavy atom. The van der Waals surface area contributed by atoms with Gasteiger partial charge >= 0.3 is 0 Å². The largest absolute Gasteiger partial charge is 0.321 e. The van der Waals surface area contributed by atoms with Crippen LogP contribution in [0.2, 0.25) is 0 Å². The molecule has 0 bridgehead atoms. The molecular formula is C17H19NO. The third-order valence-corrected chi connectivity index (χ3v) is 3.36. The van der Waals surface area contributed by atoms with Crippen LogP contribution in [0.3, 0.4) is 0 Å². The molecule has 2 aromatic rings. The molecule has 0 aliphatic heterocycles. The standard InChI is InChI=1S/C17H19NO/c1-11-8-9-12(2)15(10-11)17(19)18-16-13(3)6-5-7-14(16)4/h5-10H,1-4H3,(H,18,19). The van der Waals surface area contributed by atoms with E-state index in [4.69, 9.17) is 0 Å². The Balaban J connectivity index is 2.34. The molecule has 0 unspecified atom stereocenters. The second kappa shape index (κ2) is 5.27. The van der Waals surface area contributed by atoms with E-state index < -0.39 is 0 Å². The average molecular weight is 253 g/mol. The summed E-state index contributed by atoms with van der Waals surface area (Å²) in [5, 5.41) is 3.02. The molecule has 0 saturated carbocycles. The predicted octanol–water partition coefficient (Wildman–Crippen LogP) is 4.17. The fourth-order valence-corrected chi connectivity index (χ4v) is 2.17. The number of anilines is 1. The molecule has 0 fully saturated rings. The molecule has 98 valence electrons. The van der Waals surface area contributed by atoms with E-state index >= 15 is 0 Å². The van der Waals surface area contributed by atoms with Gasteiger partial charge in [-0.2, -0.15) is 0 Å². The van der Waals surface area contributed by atoms with Gasteiger partial charge in [-0.15, -0.1) is 0 Å². The van der Waals surface area contributed by atoms with Gasteiger partial charge in [-0.3, -0.25) is 4.79 Å². The van der Waals surface area contributed by atoms with E-state index in [9.17, 15) is 4.79 Å². The maximum absolute atomic E-state index is 12.4. The molecule has 2 nitrogen and oxygen atoms in total. The van der Waals surface area contributed by atoms with Crippen molar-refractivity contribution in [3.63, 3.8) is 0 Å². The molecule has 1 N–H and O–H groups in total. The van der Waals surface area contributed by atoms with Crippen LogP contribution in [0.5, 0.6) is 0 Å². The van der Waals surface area contributed by atoms with E-state index in [0.717, 1.165) is 33.5 Å². The predicted molar refractivity (Wildman–Crippen MR) is 79.8 cm³/mol. The summed E-state index contributed by atoms with van der Waals surface area (Å²) in [5.41, 5.74) is 5.90. The Bertz CT molecular complexity index is 609. The fourth-order valence-electron chi connectivity index (χ4n) is 2.17. The first-order chi connectivity index (χ1) is 8.99. The summed E-state index contributed by atoms with van der Waals surface area (Å²) in [6.07, 6.45) is 0. The van der Waals surface area contributed by atoms with Crippen LogP contribution in [0.1, 0.15) is 32.6 Å². The van der Waals surface area contributed by atoms with Gasteiger partial charge in [0.15, 0.2) is 0 Å². The second-order valence-corrected chi connectivity index (χ2v) is 5.04. The van der Waals surface area contributed by atoms with Crippen LogP contribution in [0.15, 0.2) is 36.4 Å². The molecular weight excluding hydrogens is 234 g/mol. The second-order valence-electron chi connectivity index (χ2n) is 5.04. The summed E-state index contributed by atoms with van der Waals surface area (Å²) >= 11 is 0. The minimum atomic E-state index is -0.0430. The van der Waals surface area contributed by atoms with Gasteiger partial charge in [0.25, 0.3) is 5.91 Å². The van der Waals surface area contributed by atoms with Crippen molar-refractivity contribution in [3.8, 4) is 0 Å². The zero-order chi connectivity index (χ0) is 14.0. The summed E-state index contributed by atoms with van der Waals surface area (Å²) in [6.45, 7) is 7.96. The molecule has 0 spiro atoms. The Morgan fingerprint density at radius 2 is 1.53 bits per heavy atom. The topological polar surface area (TPSA) is 29.1 Å². The number of nitrogens with one attached hydrogen (secondary N) is 1. The minimum Gasteiger partial charge on any atom is -0.321 e. The van der Waals surface area contributed by atoms with Gasteiger partial charge in [-0.05, 0) is 50.5 Å². The average Bonchev–Trinajstić information content (AvgIpc) is 2.37. The number of hydrogen-bond donors (Lipinski definition) is 1. The number of aryl methyl sites for hydroxylation is 4. The zero-order valence-electron chi connectivity index (χ0n) is 11.9. The van der Waals surface area contributed by atoms with Gasteiger partial charge < -0.3 is 5.32 Å². The molecule has 1 amide bonds. The third kappa shape index (κ3) is 2.84. The van der Waals surface area contributed by atoms with Gasteiger partial charge in [-0.25, -0.2) is 0 Å². The molecule has 2 heteroatoms. The van der Waals surface area contributed by atoms with Crippen molar-refractivity contribution in [2.45, 2.75) is 27.7 Å². The Hall–Kier alpha value is -2.09. The number of amides is 1. The van der Waals surface area contributed by atoms with Crippen molar-refractivity contribution in [1.29, 1.82) is 0 Å². The minimum absolute atomic E-state index is 0.0430. The van der Waals surface area contributed by atoms with Crippen molar-refractivity contribution >= 4 is 11.6 Å². The monoisotopic (exact) mass is 253 g/mol. The molecule has 0 aliphatic carbocycles. The third-order valence-electron chi connectivity index (χ3n) is 3.36. The molecule has 2 rings (SSSR count). The molecule has 2 aromatic carbocycles. The van der Waals surface area contributed by atoms with Crippen LogP contribution >= 0.6 is 0 Å². The first-order valence-corrected chi connectivity index (χ1v) is 6.44. The van der Waals surface area contributed by atoms with E-state index in [1.165, 1.54) is 0 Å². The van der Waals surface area contributed by atoms with E-state index in [2.05, 4.69) is 5.32 Å². The van der Waals surface area contributed by atoms with Crippen molar-refractivity contribution < 1.29 is 4.79 Å². The summed E-state index contributed by atoms with van der Waals surface area (Å²) in [4.78, 5) is 12.4. The van der Waals surface area contributed by atoms with Crippen molar-refractivity contribution in [2.75, 3.05) is 5.32 Å². The molecule has 0 aromatic heterocycles.